The number of carbonyl (C=O) groups is 1. The zero-order valence-corrected chi connectivity index (χ0v) is 11.9. The second kappa shape index (κ2) is 6.13. The van der Waals surface area contributed by atoms with Gasteiger partial charge in [-0.2, -0.15) is 0 Å². The number of thiophene rings is 1. The Morgan fingerprint density at radius 1 is 1.29 bits per heavy atom. The fraction of sp³-hybridized carbons (Fsp3) is 0.214. The van der Waals surface area contributed by atoms with Gasteiger partial charge in [-0.15, -0.1) is 11.3 Å². The Balaban J connectivity index is 1.59. The van der Waals surface area contributed by atoms with Gasteiger partial charge < -0.3 is 14.2 Å². The SMILES string of the molecule is NNC(=O)c1sccc1COCc1ccc2c(c1)OCO2. The Morgan fingerprint density at radius 3 is 3.00 bits per heavy atom. The molecule has 0 saturated carbocycles. The second-order valence-electron chi connectivity index (χ2n) is 4.43. The van der Waals surface area contributed by atoms with Crippen LogP contribution < -0.4 is 20.7 Å². The number of rotatable bonds is 5. The fourth-order valence-corrected chi connectivity index (χ4v) is 2.84. The summed E-state index contributed by atoms with van der Waals surface area (Å²) in [5.74, 6) is 6.33. The molecule has 1 aliphatic rings. The summed E-state index contributed by atoms with van der Waals surface area (Å²) >= 11 is 1.34. The molecular formula is C14H14N2O4S. The maximum absolute atomic E-state index is 11.5. The second-order valence-corrected chi connectivity index (χ2v) is 5.34. The van der Waals surface area contributed by atoms with Crippen molar-refractivity contribution < 1.29 is 19.0 Å². The van der Waals surface area contributed by atoms with E-state index in [0.717, 1.165) is 22.6 Å². The summed E-state index contributed by atoms with van der Waals surface area (Å²) in [7, 11) is 0. The molecule has 3 rings (SSSR count). The number of fused-ring (bicyclic) bond motifs is 1. The van der Waals surface area contributed by atoms with Crippen molar-refractivity contribution >= 4 is 17.2 Å². The van der Waals surface area contributed by atoms with Crippen LogP contribution in [0.1, 0.15) is 20.8 Å². The van der Waals surface area contributed by atoms with Gasteiger partial charge >= 0.3 is 0 Å². The molecule has 0 aliphatic carbocycles. The van der Waals surface area contributed by atoms with Gasteiger partial charge in [-0.3, -0.25) is 10.2 Å². The molecule has 0 spiro atoms. The van der Waals surface area contributed by atoms with Crippen molar-refractivity contribution in [1.82, 2.24) is 5.43 Å². The number of hydrazine groups is 1. The third-order valence-corrected chi connectivity index (χ3v) is 4.00. The lowest BCUT2D eigenvalue weighted by Gasteiger charge is -2.06. The van der Waals surface area contributed by atoms with Gasteiger partial charge in [-0.25, -0.2) is 5.84 Å². The van der Waals surface area contributed by atoms with E-state index in [-0.39, 0.29) is 12.7 Å². The van der Waals surface area contributed by atoms with E-state index in [1.165, 1.54) is 11.3 Å². The minimum atomic E-state index is -0.299. The number of amides is 1. The third-order valence-electron chi connectivity index (χ3n) is 3.05. The summed E-state index contributed by atoms with van der Waals surface area (Å²) in [5, 5.41) is 1.84. The summed E-state index contributed by atoms with van der Waals surface area (Å²) in [5.41, 5.74) is 3.94. The first kappa shape index (κ1) is 13.9. The van der Waals surface area contributed by atoms with Crippen LogP contribution in [0.5, 0.6) is 11.5 Å². The van der Waals surface area contributed by atoms with Gasteiger partial charge in [0.25, 0.3) is 5.91 Å². The van der Waals surface area contributed by atoms with Crippen LogP contribution >= 0.6 is 11.3 Å². The van der Waals surface area contributed by atoms with Crippen molar-refractivity contribution in [2.45, 2.75) is 13.2 Å². The summed E-state index contributed by atoms with van der Waals surface area (Å²) in [4.78, 5) is 12.1. The molecule has 0 unspecified atom stereocenters. The average Bonchev–Trinajstić information content (AvgIpc) is 3.14. The van der Waals surface area contributed by atoms with Crippen LogP contribution in [0, 0.1) is 0 Å². The lowest BCUT2D eigenvalue weighted by molar-refractivity contribution is 0.0933. The van der Waals surface area contributed by atoms with E-state index in [4.69, 9.17) is 20.1 Å². The molecule has 0 radical (unpaired) electrons. The van der Waals surface area contributed by atoms with E-state index in [0.29, 0.717) is 18.1 Å². The maximum Gasteiger partial charge on any atom is 0.275 e. The molecule has 21 heavy (non-hydrogen) atoms. The van der Waals surface area contributed by atoms with Gasteiger partial charge in [-0.05, 0) is 29.1 Å². The summed E-state index contributed by atoms with van der Waals surface area (Å²) in [6, 6.07) is 7.53. The predicted molar refractivity (Wildman–Crippen MR) is 77.0 cm³/mol. The van der Waals surface area contributed by atoms with E-state index in [2.05, 4.69) is 5.43 Å². The first-order chi connectivity index (χ1) is 10.3. The minimum Gasteiger partial charge on any atom is -0.454 e. The highest BCUT2D eigenvalue weighted by Gasteiger charge is 2.14. The molecule has 0 bridgehead atoms. The van der Waals surface area contributed by atoms with Crippen molar-refractivity contribution in [1.29, 1.82) is 0 Å². The zero-order valence-electron chi connectivity index (χ0n) is 11.1. The molecular weight excluding hydrogens is 292 g/mol. The largest absolute Gasteiger partial charge is 0.454 e. The van der Waals surface area contributed by atoms with Crippen molar-refractivity contribution in [2.24, 2.45) is 5.84 Å². The number of ether oxygens (including phenoxy) is 3. The smallest absolute Gasteiger partial charge is 0.275 e. The van der Waals surface area contributed by atoms with Crippen LogP contribution in [0.15, 0.2) is 29.6 Å². The van der Waals surface area contributed by atoms with Crippen LogP contribution in [0.4, 0.5) is 0 Å². The van der Waals surface area contributed by atoms with Gasteiger partial charge in [0.1, 0.15) is 0 Å². The standard InChI is InChI=1S/C14H14N2O4S/c15-16-14(17)13-10(3-4-21-13)7-18-6-9-1-2-11-12(5-9)20-8-19-11/h1-5H,6-8,15H2,(H,16,17). The predicted octanol–water partition coefficient (Wildman–Crippen LogP) is 1.80. The quantitative estimate of drug-likeness (QED) is 0.500. The van der Waals surface area contributed by atoms with E-state index in [1.807, 2.05) is 29.6 Å². The Kier molecular flexibility index (Phi) is 4.05. The highest BCUT2D eigenvalue weighted by molar-refractivity contribution is 7.12. The first-order valence-electron chi connectivity index (χ1n) is 6.31. The number of nitrogen functional groups attached to an aromatic ring is 1. The fourth-order valence-electron chi connectivity index (χ4n) is 2.02. The van der Waals surface area contributed by atoms with Crippen molar-refractivity contribution in [3.05, 3.63) is 45.6 Å². The highest BCUT2D eigenvalue weighted by Crippen LogP contribution is 2.32. The zero-order chi connectivity index (χ0) is 14.7. The number of hydrogen-bond donors (Lipinski definition) is 2. The van der Waals surface area contributed by atoms with E-state index >= 15 is 0 Å². The highest BCUT2D eigenvalue weighted by atomic mass is 32.1. The van der Waals surface area contributed by atoms with Crippen molar-refractivity contribution in [2.75, 3.05) is 6.79 Å². The number of hydrogen-bond acceptors (Lipinski definition) is 6. The molecule has 3 N–H and O–H groups in total. The Hall–Kier alpha value is -2.09. The molecule has 1 aliphatic heterocycles. The minimum absolute atomic E-state index is 0.256. The van der Waals surface area contributed by atoms with Gasteiger partial charge in [0.05, 0.1) is 18.1 Å². The molecule has 2 heterocycles. The maximum atomic E-state index is 11.5. The van der Waals surface area contributed by atoms with Crippen molar-refractivity contribution in [3.63, 3.8) is 0 Å². The molecule has 110 valence electrons. The van der Waals surface area contributed by atoms with Crippen LogP contribution in [0.25, 0.3) is 0 Å². The van der Waals surface area contributed by atoms with Crippen LogP contribution in [0.2, 0.25) is 0 Å². The number of carbonyl (C=O) groups excluding carboxylic acids is 1. The lowest BCUT2D eigenvalue weighted by Crippen LogP contribution is -2.30. The molecule has 1 aromatic carbocycles. The Morgan fingerprint density at radius 2 is 2.14 bits per heavy atom. The average molecular weight is 306 g/mol. The van der Waals surface area contributed by atoms with Crippen LogP contribution in [-0.4, -0.2) is 12.7 Å². The molecule has 0 fully saturated rings. The van der Waals surface area contributed by atoms with Gasteiger partial charge in [0.15, 0.2) is 11.5 Å². The van der Waals surface area contributed by atoms with E-state index in [1.54, 1.807) is 0 Å². The van der Waals surface area contributed by atoms with E-state index in [9.17, 15) is 4.79 Å². The number of benzene rings is 1. The molecule has 7 heteroatoms. The van der Waals surface area contributed by atoms with Gasteiger partial charge in [-0.1, -0.05) is 6.07 Å². The summed E-state index contributed by atoms with van der Waals surface area (Å²) in [6.07, 6.45) is 0. The molecule has 2 aromatic rings. The van der Waals surface area contributed by atoms with Gasteiger partial charge in [0.2, 0.25) is 6.79 Å². The number of nitrogens with two attached hydrogens (primary N) is 1. The monoisotopic (exact) mass is 306 g/mol. The van der Waals surface area contributed by atoms with Crippen LogP contribution in [-0.2, 0) is 18.0 Å². The number of nitrogens with one attached hydrogen (secondary N) is 1. The molecule has 6 nitrogen and oxygen atoms in total. The normalized spacial score (nSPS) is 12.4. The third kappa shape index (κ3) is 2.99. The van der Waals surface area contributed by atoms with E-state index < -0.39 is 0 Å². The van der Waals surface area contributed by atoms with Crippen molar-refractivity contribution in [3.8, 4) is 11.5 Å². The topological polar surface area (TPSA) is 82.8 Å². The van der Waals surface area contributed by atoms with Crippen LogP contribution in [0.3, 0.4) is 0 Å². The lowest BCUT2D eigenvalue weighted by atomic mass is 10.2. The molecule has 1 aromatic heterocycles. The van der Waals surface area contributed by atoms with Gasteiger partial charge in [0, 0.05) is 5.56 Å². The Labute approximate surface area is 125 Å². The first-order valence-corrected chi connectivity index (χ1v) is 7.19. The molecule has 0 saturated heterocycles. The molecule has 0 atom stereocenters. The summed E-state index contributed by atoms with van der Waals surface area (Å²) < 4.78 is 16.2. The molecule has 1 amide bonds. The Bertz CT molecular complexity index is 656. The summed E-state index contributed by atoms with van der Waals surface area (Å²) in [6.45, 7) is 1.03.